The molecule has 0 radical (unpaired) electrons. The molecule has 1 aromatic rings. The van der Waals surface area contributed by atoms with Crippen molar-refractivity contribution in [3.05, 3.63) is 23.8 Å². The van der Waals surface area contributed by atoms with Crippen LogP contribution >= 0.6 is 0 Å². The fourth-order valence-electron chi connectivity index (χ4n) is 2.43. The lowest BCUT2D eigenvalue weighted by Gasteiger charge is -2.24. The Morgan fingerprint density at radius 1 is 1.35 bits per heavy atom. The van der Waals surface area contributed by atoms with Crippen LogP contribution < -0.4 is 10.6 Å². The van der Waals surface area contributed by atoms with Crippen LogP contribution in [0.4, 0.5) is 11.4 Å². The van der Waals surface area contributed by atoms with E-state index in [0.29, 0.717) is 11.3 Å². The van der Waals surface area contributed by atoms with Crippen LogP contribution in [-0.2, 0) is 0 Å². The van der Waals surface area contributed by atoms with Crippen molar-refractivity contribution in [3.8, 4) is 6.07 Å². The molecular formula is C14H19N3. The van der Waals surface area contributed by atoms with E-state index in [2.05, 4.69) is 17.9 Å². The summed E-state index contributed by atoms with van der Waals surface area (Å²) < 4.78 is 0. The Kier molecular flexibility index (Phi) is 3.53. The maximum Gasteiger partial charge on any atom is 0.101 e. The summed E-state index contributed by atoms with van der Waals surface area (Å²) in [5.41, 5.74) is 8.28. The second kappa shape index (κ2) is 5.09. The van der Waals surface area contributed by atoms with Gasteiger partial charge in [-0.3, -0.25) is 0 Å². The average Bonchev–Trinajstić information content (AvgIpc) is 2.54. The summed E-state index contributed by atoms with van der Waals surface area (Å²) in [6.07, 6.45) is 3.70. The van der Waals surface area contributed by atoms with Crippen molar-refractivity contribution in [2.45, 2.75) is 26.2 Å². The number of hydrogen-bond acceptors (Lipinski definition) is 3. The van der Waals surface area contributed by atoms with Crippen LogP contribution in [0.1, 0.15) is 31.7 Å². The van der Waals surface area contributed by atoms with E-state index < -0.39 is 0 Å². The van der Waals surface area contributed by atoms with Gasteiger partial charge in [-0.2, -0.15) is 5.26 Å². The Labute approximate surface area is 103 Å². The lowest BCUT2D eigenvalue weighted by Crippen LogP contribution is -2.25. The third-order valence-electron chi connectivity index (χ3n) is 3.56. The molecule has 1 aliphatic heterocycles. The molecule has 90 valence electrons. The van der Waals surface area contributed by atoms with Gasteiger partial charge in [0.1, 0.15) is 6.07 Å². The molecule has 0 spiro atoms. The predicted molar refractivity (Wildman–Crippen MR) is 70.8 cm³/mol. The van der Waals surface area contributed by atoms with Crippen LogP contribution in [0, 0.1) is 17.2 Å². The maximum absolute atomic E-state index is 8.99. The SMILES string of the molecule is CC1CCCN(c2cccc(C#N)c2N)CC1. The molecule has 1 aliphatic rings. The summed E-state index contributed by atoms with van der Waals surface area (Å²) in [7, 11) is 0. The van der Waals surface area contributed by atoms with Gasteiger partial charge in [-0.1, -0.05) is 13.0 Å². The highest BCUT2D eigenvalue weighted by molar-refractivity contribution is 5.73. The van der Waals surface area contributed by atoms with Crippen LogP contribution in [0.3, 0.4) is 0 Å². The topological polar surface area (TPSA) is 53.0 Å². The highest BCUT2D eigenvalue weighted by Gasteiger charge is 2.16. The molecule has 2 N–H and O–H groups in total. The van der Waals surface area contributed by atoms with E-state index in [-0.39, 0.29) is 0 Å². The van der Waals surface area contributed by atoms with Gasteiger partial charge in [-0.15, -0.1) is 0 Å². The summed E-state index contributed by atoms with van der Waals surface area (Å²) in [6.45, 7) is 4.39. The summed E-state index contributed by atoms with van der Waals surface area (Å²) >= 11 is 0. The number of benzene rings is 1. The van der Waals surface area contributed by atoms with Crippen LogP contribution in [0.15, 0.2) is 18.2 Å². The van der Waals surface area contributed by atoms with Crippen molar-refractivity contribution >= 4 is 11.4 Å². The molecule has 2 rings (SSSR count). The summed E-state index contributed by atoms with van der Waals surface area (Å²) in [5.74, 6) is 0.792. The van der Waals surface area contributed by atoms with Crippen LogP contribution in [0.2, 0.25) is 0 Å². The molecule has 1 heterocycles. The van der Waals surface area contributed by atoms with Crippen molar-refractivity contribution < 1.29 is 0 Å². The second-order valence-corrected chi connectivity index (χ2v) is 4.87. The van der Waals surface area contributed by atoms with Crippen molar-refractivity contribution in [2.24, 2.45) is 5.92 Å². The maximum atomic E-state index is 8.99. The first-order chi connectivity index (χ1) is 8.22. The van der Waals surface area contributed by atoms with Gasteiger partial charge in [0.05, 0.1) is 16.9 Å². The number of nitriles is 1. The van der Waals surface area contributed by atoms with Crippen LogP contribution in [-0.4, -0.2) is 13.1 Å². The highest BCUT2D eigenvalue weighted by Crippen LogP contribution is 2.29. The normalized spacial score (nSPS) is 20.7. The molecule has 1 aromatic carbocycles. The van der Waals surface area contributed by atoms with E-state index in [1.807, 2.05) is 12.1 Å². The molecule has 3 nitrogen and oxygen atoms in total. The lowest BCUT2D eigenvalue weighted by molar-refractivity contribution is 0.521. The number of anilines is 2. The van der Waals surface area contributed by atoms with Crippen LogP contribution in [0.5, 0.6) is 0 Å². The van der Waals surface area contributed by atoms with E-state index in [0.717, 1.165) is 24.7 Å². The first-order valence-electron chi connectivity index (χ1n) is 6.26. The minimum Gasteiger partial charge on any atom is -0.396 e. The molecule has 1 unspecified atom stereocenters. The van der Waals surface area contributed by atoms with Gasteiger partial charge in [0.25, 0.3) is 0 Å². The number of nitrogen functional groups attached to an aromatic ring is 1. The van der Waals surface area contributed by atoms with Crippen molar-refractivity contribution in [3.63, 3.8) is 0 Å². The Hall–Kier alpha value is -1.69. The fraction of sp³-hybridized carbons (Fsp3) is 0.500. The molecule has 0 aliphatic carbocycles. The van der Waals surface area contributed by atoms with E-state index in [1.54, 1.807) is 6.07 Å². The minimum atomic E-state index is 0.583. The standard InChI is InChI=1S/C14H19N3/c1-11-4-3-8-17(9-7-11)13-6-2-5-12(10-15)14(13)16/h2,5-6,11H,3-4,7-9,16H2,1H3. The van der Waals surface area contributed by atoms with E-state index >= 15 is 0 Å². The van der Waals surface area contributed by atoms with Crippen molar-refractivity contribution in [1.82, 2.24) is 0 Å². The van der Waals surface area contributed by atoms with E-state index in [4.69, 9.17) is 11.0 Å². The Morgan fingerprint density at radius 2 is 2.18 bits per heavy atom. The number of nitrogens with two attached hydrogens (primary N) is 1. The summed E-state index contributed by atoms with van der Waals surface area (Å²) in [6, 6.07) is 7.86. The molecule has 1 fully saturated rings. The Bertz CT molecular complexity index is 434. The average molecular weight is 229 g/mol. The largest absolute Gasteiger partial charge is 0.396 e. The second-order valence-electron chi connectivity index (χ2n) is 4.87. The monoisotopic (exact) mass is 229 g/mol. The Balaban J connectivity index is 2.25. The number of nitrogens with zero attached hydrogens (tertiary/aromatic N) is 2. The molecular weight excluding hydrogens is 210 g/mol. The lowest BCUT2D eigenvalue weighted by atomic mass is 10.0. The molecule has 17 heavy (non-hydrogen) atoms. The first kappa shape index (κ1) is 11.8. The number of para-hydroxylation sites is 1. The molecule has 0 aromatic heterocycles. The Morgan fingerprint density at radius 3 is 2.94 bits per heavy atom. The third-order valence-corrected chi connectivity index (χ3v) is 3.56. The van der Waals surface area contributed by atoms with Gasteiger partial charge < -0.3 is 10.6 Å². The van der Waals surface area contributed by atoms with Gasteiger partial charge in [0.2, 0.25) is 0 Å². The van der Waals surface area contributed by atoms with E-state index in [1.165, 1.54) is 19.3 Å². The molecule has 0 saturated carbocycles. The predicted octanol–water partition coefficient (Wildman–Crippen LogP) is 2.77. The minimum absolute atomic E-state index is 0.583. The van der Waals surface area contributed by atoms with Gasteiger partial charge in [-0.05, 0) is 37.3 Å². The summed E-state index contributed by atoms with van der Waals surface area (Å²) in [4.78, 5) is 2.32. The fourth-order valence-corrected chi connectivity index (χ4v) is 2.43. The molecule has 1 saturated heterocycles. The van der Waals surface area contributed by atoms with Crippen LogP contribution in [0.25, 0.3) is 0 Å². The third kappa shape index (κ3) is 2.52. The van der Waals surface area contributed by atoms with E-state index in [9.17, 15) is 0 Å². The van der Waals surface area contributed by atoms with Crippen molar-refractivity contribution in [2.75, 3.05) is 23.7 Å². The quantitative estimate of drug-likeness (QED) is 0.753. The smallest absolute Gasteiger partial charge is 0.101 e. The zero-order valence-electron chi connectivity index (χ0n) is 10.3. The van der Waals surface area contributed by atoms with Crippen molar-refractivity contribution in [1.29, 1.82) is 5.26 Å². The number of rotatable bonds is 1. The van der Waals surface area contributed by atoms with Gasteiger partial charge in [0, 0.05) is 13.1 Å². The van der Waals surface area contributed by atoms with Gasteiger partial charge >= 0.3 is 0 Å². The summed E-state index contributed by atoms with van der Waals surface area (Å²) in [5, 5.41) is 8.99. The highest BCUT2D eigenvalue weighted by atomic mass is 15.1. The molecule has 1 atom stereocenters. The van der Waals surface area contributed by atoms with Gasteiger partial charge in [-0.25, -0.2) is 0 Å². The number of hydrogen-bond donors (Lipinski definition) is 1. The zero-order valence-corrected chi connectivity index (χ0v) is 10.3. The zero-order chi connectivity index (χ0) is 12.3. The first-order valence-corrected chi connectivity index (χ1v) is 6.26. The molecule has 0 bridgehead atoms. The molecule has 3 heteroatoms. The van der Waals surface area contributed by atoms with Gasteiger partial charge in [0.15, 0.2) is 0 Å². The molecule has 0 amide bonds.